The third-order valence-corrected chi connectivity index (χ3v) is 2.14. The Labute approximate surface area is 68.0 Å². The van der Waals surface area contributed by atoms with Crippen LogP contribution in [-0.2, 0) is 6.54 Å². The number of hydrogen-bond acceptors (Lipinski definition) is 1. The van der Waals surface area contributed by atoms with Gasteiger partial charge in [-0.3, -0.25) is 0 Å². The first kappa shape index (κ1) is 8.34. The number of aromatic nitrogens is 1. The van der Waals surface area contributed by atoms with E-state index in [0.29, 0.717) is 12.6 Å². The van der Waals surface area contributed by atoms with Crippen LogP contribution in [0.5, 0.6) is 0 Å². The van der Waals surface area contributed by atoms with E-state index in [2.05, 4.69) is 30.7 Å². The Morgan fingerprint density at radius 2 is 2.36 bits per heavy atom. The van der Waals surface area contributed by atoms with E-state index in [1.54, 1.807) is 0 Å². The molecular formula is C9H16N2. The lowest BCUT2D eigenvalue weighted by molar-refractivity contribution is 0.515. The Balaban J connectivity index is 2.83. The van der Waals surface area contributed by atoms with Gasteiger partial charge < -0.3 is 10.3 Å². The van der Waals surface area contributed by atoms with Crippen LogP contribution < -0.4 is 5.73 Å². The lowest BCUT2D eigenvalue weighted by Crippen LogP contribution is -2.09. The van der Waals surface area contributed by atoms with E-state index in [-0.39, 0.29) is 0 Å². The average Bonchev–Trinajstić information content (AvgIpc) is 2.50. The van der Waals surface area contributed by atoms with E-state index in [1.165, 1.54) is 5.69 Å². The third kappa shape index (κ3) is 1.63. The average molecular weight is 152 g/mol. The molecule has 0 fully saturated rings. The maximum absolute atomic E-state index is 5.57. The number of rotatable bonds is 3. The summed E-state index contributed by atoms with van der Waals surface area (Å²) in [6.07, 6.45) is 3.25. The lowest BCUT2D eigenvalue weighted by atomic mass is 10.2. The highest BCUT2D eigenvalue weighted by Gasteiger charge is 2.03. The van der Waals surface area contributed by atoms with Crippen molar-refractivity contribution in [1.29, 1.82) is 0 Å². The van der Waals surface area contributed by atoms with Crippen LogP contribution >= 0.6 is 0 Å². The van der Waals surface area contributed by atoms with E-state index >= 15 is 0 Å². The van der Waals surface area contributed by atoms with Gasteiger partial charge in [0, 0.05) is 24.5 Å². The van der Waals surface area contributed by atoms with Crippen LogP contribution in [0.3, 0.4) is 0 Å². The topological polar surface area (TPSA) is 30.9 Å². The van der Waals surface area contributed by atoms with Crippen LogP contribution in [0.2, 0.25) is 0 Å². The zero-order valence-electron chi connectivity index (χ0n) is 7.25. The van der Waals surface area contributed by atoms with E-state index in [4.69, 9.17) is 5.73 Å². The second kappa shape index (κ2) is 3.58. The van der Waals surface area contributed by atoms with Crippen LogP contribution in [0, 0.1) is 0 Å². The summed E-state index contributed by atoms with van der Waals surface area (Å²) in [7, 11) is 0. The fraction of sp³-hybridized carbons (Fsp3) is 0.556. The predicted molar refractivity (Wildman–Crippen MR) is 47.3 cm³/mol. The smallest absolute Gasteiger partial charge is 0.0334 e. The minimum atomic E-state index is 0.573. The molecule has 0 aliphatic carbocycles. The zero-order chi connectivity index (χ0) is 8.27. The molecule has 0 saturated carbocycles. The Morgan fingerprint density at radius 1 is 1.64 bits per heavy atom. The summed E-state index contributed by atoms with van der Waals surface area (Å²) in [5, 5.41) is 0. The first-order chi connectivity index (χ1) is 5.29. The molecular weight excluding hydrogens is 136 g/mol. The summed E-state index contributed by atoms with van der Waals surface area (Å²) >= 11 is 0. The molecule has 0 unspecified atom stereocenters. The summed E-state index contributed by atoms with van der Waals surface area (Å²) in [5.74, 6) is 0. The highest BCUT2D eigenvalue weighted by atomic mass is 15.0. The summed E-state index contributed by atoms with van der Waals surface area (Å²) < 4.78 is 2.24. The summed E-state index contributed by atoms with van der Waals surface area (Å²) in [4.78, 5) is 0. The highest BCUT2D eigenvalue weighted by Crippen LogP contribution is 2.13. The molecule has 0 amide bonds. The molecule has 0 saturated heterocycles. The third-order valence-electron chi connectivity index (χ3n) is 2.14. The molecule has 0 aromatic carbocycles. The minimum absolute atomic E-state index is 0.573. The first-order valence-corrected chi connectivity index (χ1v) is 4.15. The first-order valence-electron chi connectivity index (χ1n) is 4.15. The number of nitrogens with zero attached hydrogens (tertiary/aromatic N) is 1. The predicted octanol–water partition coefficient (Wildman–Crippen LogP) is 1.92. The van der Waals surface area contributed by atoms with Gasteiger partial charge in [0.1, 0.15) is 0 Å². The van der Waals surface area contributed by atoms with Crippen molar-refractivity contribution in [2.45, 2.75) is 32.9 Å². The summed E-state index contributed by atoms with van der Waals surface area (Å²) in [6.45, 7) is 5.03. The zero-order valence-corrected chi connectivity index (χ0v) is 7.25. The molecule has 1 heterocycles. The molecule has 0 spiro atoms. The van der Waals surface area contributed by atoms with Crippen molar-refractivity contribution in [2.75, 3.05) is 0 Å². The second-order valence-corrected chi connectivity index (χ2v) is 2.87. The Morgan fingerprint density at radius 3 is 2.91 bits per heavy atom. The molecule has 0 aliphatic rings. The quantitative estimate of drug-likeness (QED) is 0.704. The van der Waals surface area contributed by atoms with E-state index in [1.807, 2.05) is 6.07 Å². The van der Waals surface area contributed by atoms with Crippen molar-refractivity contribution < 1.29 is 0 Å². The molecule has 2 nitrogen and oxygen atoms in total. The molecule has 1 aromatic rings. The monoisotopic (exact) mass is 152 g/mol. The highest BCUT2D eigenvalue weighted by molar-refractivity contribution is 5.07. The van der Waals surface area contributed by atoms with Crippen molar-refractivity contribution in [3.8, 4) is 0 Å². The Hall–Kier alpha value is -0.760. The SMILES string of the molecule is CC[C@H](C)n1cccc1CN. The van der Waals surface area contributed by atoms with Gasteiger partial charge in [0.05, 0.1) is 0 Å². The van der Waals surface area contributed by atoms with Crippen molar-refractivity contribution in [3.63, 3.8) is 0 Å². The standard InChI is InChI=1S/C9H16N2/c1-3-8(2)11-6-4-5-9(11)7-10/h4-6,8H,3,7,10H2,1-2H3/t8-/m0/s1. The molecule has 1 aromatic heterocycles. The van der Waals surface area contributed by atoms with Crippen LogP contribution in [-0.4, -0.2) is 4.57 Å². The normalized spacial score (nSPS) is 13.4. The van der Waals surface area contributed by atoms with Gasteiger partial charge in [-0.05, 0) is 25.5 Å². The van der Waals surface area contributed by atoms with Gasteiger partial charge >= 0.3 is 0 Å². The van der Waals surface area contributed by atoms with E-state index < -0.39 is 0 Å². The molecule has 0 bridgehead atoms. The van der Waals surface area contributed by atoms with Gasteiger partial charge in [-0.2, -0.15) is 0 Å². The molecule has 0 aliphatic heterocycles. The summed E-state index contributed by atoms with van der Waals surface area (Å²) in [6, 6.07) is 4.70. The van der Waals surface area contributed by atoms with Gasteiger partial charge in [0.15, 0.2) is 0 Å². The minimum Gasteiger partial charge on any atom is -0.347 e. The second-order valence-electron chi connectivity index (χ2n) is 2.87. The molecule has 62 valence electrons. The van der Waals surface area contributed by atoms with Gasteiger partial charge in [-0.1, -0.05) is 6.92 Å². The maximum atomic E-state index is 5.57. The van der Waals surface area contributed by atoms with Crippen molar-refractivity contribution in [2.24, 2.45) is 5.73 Å². The van der Waals surface area contributed by atoms with Crippen LogP contribution in [0.25, 0.3) is 0 Å². The number of nitrogens with two attached hydrogens (primary N) is 1. The van der Waals surface area contributed by atoms with Gasteiger partial charge in [-0.15, -0.1) is 0 Å². The van der Waals surface area contributed by atoms with E-state index in [0.717, 1.165) is 6.42 Å². The van der Waals surface area contributed by atoms with Crippen LogP contribution in [0.15, 0.2) is 18.3 Å². The van der Waals surface area contributed by atoms with Crippen molar-refractivity contribution in [1.82, 2.24) is 4.57 Å². The molecule has 2 heteroatoms. The largest absolute Gasteiger partial charge is 0.347 e. The fourth-order valence-corrected chi connectivity index (χ4v) is 1.23. The summed E-state index contributed by atoms with van der Waals surface area (Å²) in [5.41, 5.74) is 6.79. The van der Waals surface area contributed by atoms with Gasteiger partial charge in [0.2, 0.25) is 0 Å². The lowest BCUT2D eigenvalue weighted by Gasteiger charge is -2.14. The maximum Gasteiger partial charge on any atom is 0.0334 e. The van der Waals surface area contributed by atoms with E-state index in [9.17, 15) is 0 Å². The fourth-order valence-electron chi connectivity index (χ4n) is 1.23. The van der Waals surface area contributed by atoms with Gasteiger partial charge in [0.25, 0.3) is 0 Å². The molecule has 1 atom stereocenters. The van der Waals surface area contributed by atoms with Gasteiger partial charge in [-0.25, -0.2) is 0 Å². The van der Waals surface area contributed by atoms with Crippen molar-refractivity contribution in [3.05, 3.63) is 24.0 Å². The van der Waals surface area contributed by atoms with Crippen molar-refractivity contribution >= 4 is 0 Å². The Bertz CT molecular complexity index is 215. The van der Waals surface area contributed by atoms with Crippen LogP contribution in [0.4, 0.5) is 0 Å². The Kier molecular flexibility index (Phi) is 2.71. The molecule has 1 rings (SSSR count). The molecule has 2 N–H and O–H groups in total. The molecule has 0 radical (unpaired) electrons. The van der Waals surface area contributed by atoms with Crippen LogP contribution in [0.1, 0.15) is 32.0 Å². The molecule has 11 heavy (non-hydrogen) atoms. The number of hydrogen-bond donors (Lipinski definition) is 1.